The molecule has 0 unspecified atom stereocenters. The van der Waals surface area contributed by atoms with E-state index in [-0.39, 0.29) is 25.5 Å². The number of amides is 2. The number of carboxylic acids is 1. The molecular formula is C18H24N2O6. The number of hydrogen-bond acceptors (Lipinski definition) is 5. The summed E-state index contributed by atoms with van der Waals surface area (Å²) in [5.41, 5.74) is 0.809. The SMILES string of the molecule is CC(C)[C@H](NC(=O)OCc1ccccc1)C(=O)N1C[C@@H](O)C[C@H]1C(=O)O. The molecule has 0 saturated carbocycles. The van der Waals surface area contributed by atoms with Crippen molar-refractivity contribution in [3.63, 3.8) is 0 Å². The third-order valence-corrected chi connectivity index (χ3v) is 4.27. The van der Waals surface area contributed by atoms with Crippen molar-refractivity contribution < 1.29 is 29.3 Å². The van der Waals surface area contributed by atoms with Crippen molar-refractivity contribution in [2.45, 2.75) is 45.1 Å². The van der Waals surface area contributed by atoms with Crippen molar-refractivity contribution >= 4 is 18.0 Å². The van der Waals surface area contributed by atoms with Crippen molar-refractivity contribution in [2.75, 3.05) is 6.54 Å². The van der Waals surface area contributed by atoms with Crippen molar-refractivity contribution in [3.8, 4) is 0 Å². The van der Waals surface area contributed by atoms with Crippen molar-refractivity contribution in [2.24, 2.45) is 5.92 Å². The van der Waals surface area contributed by atoms with E-state index in [4.69, 9.17) is 4.74 Å². The maximum Gasteiger partial charge on any atom is 0.408 e. The second-order valence-electron chi connectivity index (χ2n) is 6.66. The van der Waals surface area contributed by atoms with Gasteiger partial charge in [-0.15, -0.1) is 0 Å². The second-order valence-corrected chi connectivity index (χ2v) is 6.66. The average Bonchev–Trinajstić information content (AvgIpc) is 3.00. The summed E-state index contributed by atoms with van der Waals surface area (Å²) < 4.78 is 5.13. The first kappa shape index (κ1) is 19.7. The van der Waals surface area contributed by atoms with Gasteiger partial charge in [-0.25, -0.2) is 9.59 Å². The third kappa shape index (κ3) is 4.95. The van der Waals surface area contributed by atoms with E-state index in [2.05, 4.69) is 5.32 Å². The normalized spacial score (nSPS) is 20.7. The molecule has 0 bridgehead atoms. The van der Waals surface area contributed by atoms with Gasteiger partial charge in [0.2, 0.25) is 5.91 Å². The molecule has 1 saturated heterocycles. The zero-order chi connectivity index (χ0) is 19.3. The molecule has 0 aliphatic carbocycles. The predicted molar refractivity (Wildman–Crippen MR) is 92.1 cm³/mol. The highest BCUT2D eigenvalue weighted by atomic mass is 16.5. The summed E-state index contributed by atoms with van der Waals surface area (Å²) in [5.74, 6) is -2.00. The number of aliphatic carboxylic acids is 1. The fourth-order valence-corrected chi connectivity index (χ4v) is 2.88. The number of benzene rings is 1. The van der Waals surface area contributed by atoms with Crippen LogP contribution in [-0.4, -0.2) is 57.8 Å². The Labute approximate surface area is 151 Å². The summed E-state index contributed by atoms with van der Waals surface area (Å²) in [7, 11) is 0. The number of alkyl carbamates (subject to hydrolysis) is 1. The molecule has 0 aromatic heterocycles. The van der Waals surface area contributed by atoms with Gasteiger partial charge in [0.1, 0.15) is 18.7 Å². The van der Waals surface area contributed by atoms with Gasteiger partial charge in [0.15, 0.2) is 0 Å². The molecule has 1 heterocycles. The molecule has 26 heavy (non-hydrogen) atoms. The molecule has 2 amide bonds. The van der Waals surface area contributed by atoms with E-state index < -0.39 is 36.2 Å². The van der Waals surface area contributed by atoms with Gasteiger partial charge in [-0.05, 0) is 11.5 Å². The van der Waals surface area contributed by atoms with Gasteiger partial charge in [-0.3, -0.25) is 4.79 Å². The van der Waals surface area contributed by atoms with Gasteiger partial charge in [0.25, 0.3) is 0 Å². The van der Waals surface area contributed by atoms with Gasteiger partial charge in [-0.2, -0.15) is 0 Å². The summed E-state index contributed by atoms with van der Waals surface area (Å²) >= 11 is 0. The fourth-order valence-electron chi connectivity index (χ4n) is 2.88. The van der Waals surface area contributed by atoms with Crippen LogP contribution in [0.3, 0.4) is 0 Å². The lowest BCUT2D eigenvalue weighted by Crippen LogP contribution is -2.54. The molecule has 1 aromatic carbocycles. The molecule has 1 aromatic rings. The zero-order valence-electron chi connectivity index (χ0n) is 14.8. The summed E-state index contributed by atoms with van der Waals surface area (Å²) in [6.45, 7) is 3.47. The molecule has 0 radical (unpaired) electrons. The van der Waals surface area contributed by atoms with E-state index in [1.165, 1.54) is 0 Å². The molecule has 3 atom stereocenters. The molecule has 8 nitrogen and oxygen atoms in total. The Morgan fingerprint density at radius 3 is 2.50 bits per heavy atom. The standard InChI is InChI=1S/C18H24N2O6/c1-11(2)15(16(22)20-9-13(21)8-14(20)17(23)24)19-18(25)26-10-12-6-4-3-5-7-12/h3-7,11,13-15,21H,8-10H2,1-2H3,(H,19,25)(H,23,24)/t13-,14-,15-/m0/s1. The van der Waals surface area contributed by atoms with Crippen LogP contribution in [0.5, 0.6) is 0 Å². The summed E-state index contributed by atoms with van der Waals surface area (Å²) in [6.07, 6.45) is -1.67. The number of nitrogens with one attached hydrogen (secondary N) is 1. The van der Waals surface area contributed by atoms with Crippen molar-refractivity contribution in [1.82, 2.24) is 10.2 Å². The van der Waals surface area contributed by atoms with E-state index in [1.54, 1.807) is 26.0 Å². The van der Waals surface area contributed by atoms with Gasteiger partial charge in [0.05, 0.1) is 6.10 Å². The monoisotopic (exact) mass is 364 g/mol. The minimum Gasteiger partial charge on any atom is -0.480 e. The van der Waals surface area contributed by atoms with Crippen LogP contribution in [-0.2, 0) is 20.9 Å². The number of nitrogens with zero attached hydrogens (tertiary/aromatic N) is 1. The lowest BCUT2D eigenvalue weighted by atomic mass is 10.0. The number of aliphatic hydroxyl groups excluding tert-OH is 1. The third-order valence-electron chi connectivity index (χ3n) is 4.27. The molecule has 1 fully saturated rings. The van der Waals surface area contributed by atoms with Gasteiger partial charge in [0, 0.05) is 13.0 Å². The Morgan fingerprint density at radius 1 is 1.27 bits per heavy atom. The largest absolute Gasteiger partial charge is 0.480 e. The topological polar surface area (TPSA) is 116 Å². The molecular weight excluding hydrogens is 340 g/mol. The Balaban J connectivity index is 2.00. The number of carboxylic acid groups (broad SMARTS) is 1. The first-order valence-corrected chi connectivity index (χ1v) is 8.48. The van der Waals surface area contributed by atoms with Crippen LogP contribution >= 0.6 is 0 Å². The molecule has 1 aliphatic heterocycles. The molecule has 1 aliphatic rings. The van der Waals surface area contributed by atoms with Crippen LogP contribution in [0.15, 0.2) is 30.3 Å². The molecule has 2 rings (SSSR count). The lowest BCUT2D eigenvalue weighted by Gasteiger charge is -2.29. The minimum atomic E-state index is -1.18. The smallest absolute Gasteiger partial charge is 0.408 e. The van der Waals surface area contributed by atoms with Crippen LogP contribution in [0.4, 0.5) is 4.79 Å². The number of rotatable bonds is 6. The number of ether oxygens (including phenoxy) is 1. The van der Waals surface area contributed by atoms with E-state index in [1.807, 2.05) is 18.2 Å². The highest BCUT2D eigenvalue weighted by Crippen LogP contribution is 2.21. The number of hydrogen-bond donors (Lipinski definition) is 3. The van der Waals surface area contributed by atoms with Gasteiger partial charge >= 0.3 is 12.1 Å². The highest BCUT2D eigenvalue weighted by molar-refractivity contribution is 5.90. The van der Waals surface area contributed by atoms with Crippen molar-refractivity contribution in [1.29, 1.82) is 0 Å². The minimum absolute atomic E-state index is 0.0235. The number of β-amino-alcohol motifs (C(OH)–C–C–N with tert-alkyl or cyclic N) is 1. The van der Waals surface area contributed by atoms with Crippen LogP contribution in [0, 0.1) is 5.92 Å². The van der Waals surface area contributed by atoms with Crippen LogP contribution in [0.25, 0.3) is 0 Å². The summed E-state index contributed by atoms with van der Waals surface area (Å²) in [4.78, 5) is 37.2. The number of aliphatic hydroxyl groups is 1. The van der Waals surface area contributed by atoms with Crippen molar-refractivity contribution in [3.05, 3.63) is 35.9 Å². The Kier molecular flexibility index (Phi) is 6.57. The number of carbonyl (C=O) groups is 3. The first-order chi connectivity index (χ1) is 12.3. The molecule has 0 spiro atoms. The fraction of sp³-hybridized carbons (Fsp3) is 0.500. The van der Waals surface area contributed by atoms with Crippen LogP contribution in [0.1, 0.15) is 25.8 Å². The van der Waals surface area contributed by atoms with Gasteiger partial charge < -0.3 is 25.2 Å². The quantitative estimate of drug-likeness (QED) is 0.693. The molecule has 8 heteroatoms. The average molecular weight is 364 g/mol. The summed E-state index contributed by atoms with van der Waals surface area (Å²) in [6, 6.07) is 7.07. The Bertz CT molecular complexity index is 648. The van der Waals surface area contributed by atoms with E-state index in [0.29, 0.717) is 0 Å². The Hall–Kier alpha value is -2.61. The van der Waals surface area contributed by atoms with E-state index in [0.717, 1.165) is 10.5 Å². The lowest BCUT2D eigenvalue weighted by molar-refractivity contribution is -0.149. The summed E-state index contributed by atoms with van der Waals surface area (Å²) in [5, 5.41) is 21.5. The number of likely N-dealkylation sites (tertiary alicyclic amines) is 1. The van der Waals surface area contributed by atoms with Gasteiger partial charge in [-0.1, -0.05) is 44.2 Å². The molecule has 3 N–H and O–H groups in total. The zero-order valence-corrected chi connectivity index (χ0v) is 14.8. The number of carbonyl (C=O) groups excluding carboxylic acids is 2. The van der Waals surface area contributed by atoms with Crippen LogP contribution < -0.4 is 5.32 Å². The van der Waals surface area contributed by atoms with Crippen LogP contribution in [0.2, 0.25) is 0 Å². The highest BCUT2D eigenvalue weighted by Gasteiger charge is 2.42. The van der Waals surface area contributed by atoms with E-state index in [9.17, 15) is 24.6 Å². The maximum atomic E-state index is 12.7. The first-order valence-electron chi connectivity index (χ1n) is 8.48. The van der Waals surface area contributed by atoms with E-state index >= 15 is 0 Å². The second kappa shape index (κ2) is 8.66. The maximum absolute atomic E-state index is 12.7. The Morgan fingerprint density at radius 2 is 1.92 bits per heavy atom. The molecule has 142 valence electrons. The predicted octanol–water partition coefficient (Wildman–Crippen LogP) is 0.984.